The molecule has 7 nitrogen and oxygen atoms in total. The van der Waals surface area contributed by atoms with E-state index in [9.17, 15) is 13.6 Å². The SMILES string of the molecule is CCOCOc1cc(C=O)ccc1-c1nnc(NC2CCCN(C)C2)cc1C(F)F. The minimum atomic E-state index is -2.75. The van der Waals surface area contributed by atoms with Crippen molar-refractivity contribution in [2.45, 2.75) is 32.2 Å². The molecule has 1 aromatic carbocycles. The molecule has 2 heterocycles. The first kappa shape index (κ1) is 22.0. The van der Waals surface area contributed by atoms with Gasteiger partial charge in [0.25, 0.3) is 6.43 Å². The molecular weight excluding hydrogens is 394 g/mol. The molecule has 0 spiro atoms. The minimum absolute atomic E-state index is 0.0141. The molecule has 0 saturated carbocycles. The maximum atomic E-state index is 13.9. The Morgan fingerprint density at radius 3 is 2.87 bits per heavy atom. The third-order valence-corrected chi connectivity index (χ3v) is 4.93. The number of benzene rings is 1. The number of aromatic nitrogens is 2. The van der Waals surface area contributed by atoms with Crippen molar-refractivity contribution in [1.82, 2.24) is 15.1 Å². The smallest absolute Gasteiger partial charge is 0.266 e. The lowest BCUT2D eigenvalue weighted by Crippen LogP contribution is -2.40. The molecule has 1 aliphatic heterocycles. The zero-order chi connectivity index (χ0) is 21.5. The first-order valence-electron chi connectivity index (χ1n) is 9.92. The molecule has 1 fully saturated rings. The van der Waals surface area contributed by atoms with Crippen LogP contribution in [0.4, 0.5) is 14.6 Å². The van der Waals surface area contributed by atoms with Crippen LogP contribution in [0.2, 0.25) is 0 Å². The number of carbonyl (C=O) groups is 1. The van der Waals surface area contributed by atoms with E-state index in [4.69, 9.17) is 9.47 Å². The average molecular weight is 420 g/mol. The second-order valence-electron chi connectivity index (χ2n) is 7.21. The molecule has 9 heteroatoms. The zero-order valence-corrected chi connectivity index (χ0v) is 17.1. The van der Waals surface area contributed by atoms with Gasteiger partial charge in [0.15, 0.2) is 6.79 Å². The molecular formula is C21H26F2N4O3. The highest BCUT2D eigenvalue weighted by molar-refractivity contribution is 5.80. The van der Waals surface area contributed by atoms with Crippen LogP contribution in [0.5, 0.6) is 5.75 Å². The molecule has 1 N–H and O–H groups in total. The Morgan fingerprint density at radius 1 is 1.33 bits per heavy atom. The number of hydrogen-bond donors (Lipinski definition) is 1. The highest BCUT2D eigenvalue weighted by Gasteiger charge is 2.23. The second-order valence-corrected chi connectivity index (χ2v) is 7.21. The van der Waals surface area contributed by atoms with Gasteiger partial charge in [-0.3, -0.25) is 4.79 Å². The summed E-state index contributed by atoms with van der Waals surface area (Å²) in [6.07, 6.45) is -0.119. The van der Waals surface area contributed by atoms with Crippen molar-refractivity contribution >= 4 is 12.1 Å². The quantitative estimate of drug-likeness (QED) is 0.376. The lowest BCUT2D eigenvalue weighted by atomic mass is 10.0. The largest absolute Gasteiger partial charge is 0.467 e. The van der Waals surface area contributed by atoms with Crippen LogP contribution in [0, 0.1) is 0 Å². The van der Waals surface area contributed by atoms with Crippen LogP contribution in [0.25, 0.3) is 11.3 Å². The lowest BCUT2D eigenvalue weighted by Gasteiger charge is -2.30. The normalized spacial score (nSPS) is 17.2. The molecule has 162 valence electrons. The number of nitrogens with zero attached hydrogens (tertiary/aromatic N) is 3. The first-order chi connectivity index (χ1) is 14.5. The number of piperidine rings is 1. The fraction of sp³-hybridized carbons (Fsp3) is 0.476. The maximum Gasteiger partial charge on any atom is 0.266 e. The number of hydrogen-bond acceptors (Lipinski definition) is 7. The molecule has 30 heavy (non-hydrogen) atoms. The van der Waals surface area contributed by atoms with Crippen molar-refractivity contribution in [3.8, 4) is 17.0 Å². The van der Waals surface area contributed by atoms with Crippen LogP contribution in [0.3, 0.4) is 0 Å². The molecule has 0 amide bonds. The molecule has 1 saturated heterocycles. The highest BCUT2D eigenvalue weighted by atomic mass is 19.3. The third kappa shape index (κ3) is 5.48. The van der Waals surface area contributed by atoms with Crippen molar-refractivity contribution in [3.63, 3.8) is 0 Å². The molecule has 3 rings (SSSR count). The molecule has 0 radical (unpaired) electrons. The Balaban J connectivity index is 1.92. The van der Waals surface area contributed by atoms with Gasteiger partial charge in [-0.1, -0.05) is 6.07 Å². The zero-order valence-electron chi connectivity index (χ0n) is 17.1. The summed E-state index contributed by atoms with van der Waals surface area (Å²) in [4.78, 5) is 13.3. The Kier molecular flexibility index (Phi) is 7.64. The molecule has 1 unspecified atom stereocenters. The number of carbonyl (C=O) groups excluding carboxylic acids is 1. The van der Waals surface area contributed by atoms with Crippen LogP contribution in [0.15, 0.2) is 24.3 Å². The van der Waals surface area contributed by atoms with Crippen LogP contribution >= 0.6 is 0 Å². The molecule has 1 aromatic heterocycles. The number of likely N-dealkylation sites (N-methyl/N-ethyl adjacent to an activating group) is 1. The third-order valence-electron chi connectivity index (χ3n) is 4.93. The summed E-state index contributed by atoms with van der Waals surface area (Å²) in [5, 5.41) is 11.4. The van der Waals surface area contributed by atoms with E-state index in [0.29, 0.717) is 29.8 Å². The van der Waals surface area contributed by atoms with Gasteiger partial charge in [0.05, 0.1) is 0 Å². The molecule has 0 aliphatic carbocycles. The van der Waals surface area contributed by atoms with Gasteiger partial charge >= 0.3 is 0 Å². The lowest BCUT2D eigenvalue weighted by molar-refractivity contribution is 0.0227. The molecule has 2 aromatic rings. The number of ether oxygens (including phenoxy) is 2. The minimum Gasteiger partial charge on any atom is -0.467 e. The van der Waals surface area contributed by atoms with Crippen LogP contribution in [0.1, 0.15) is 42.1 Å². The topological polar surface area (TPSA) is 76.6 Å². The van der Waals surface area contributed by atoms with Crippen LogP contribution in [-0.2, 0) is 4.74 Å². The number of halogens is 2. The van der Waals surface area contributed by atoms with E-state index >= 15 is 0 Å². The molecule has 0 bridgehead atoms. The van der Waals surface area contributed by atoms with Gasteiger partial charge in [0.1, 0.15) is 23.5 Å². The number of alkyl halides is 2. The Morgan fingerprint density at radius 2 is 2.17 bits per heavy atom. The average Bonchev–Trinajstić information content (AvgIpc) is 2.74. The molecule has 1 atom stereocenters. The Labute approximate surface area is 174 Å². The van der Waals surface area contributed by atoms with E-state index in [1.54, 1.807) is 0 Å². The number of likely N-dealkylation sites (tertiary alicyclic amines) is 1. The van der Waals surface area contributed by atoms with E-state index in [0.717, 1.165) is 25.9 Å². The maximum absolute atomic E-state index is 13.9. The number of rotatable bonds is 9. The highest BCUT2D eigenvalue weighted by Crippen LogP contribution is 2.36. The summed E-state index contributed by atoms with van der Waals surface area (Å²) in [7, 11) is 2.03. The number of nitrogens with one attached hydrogen (secondary N) is 1. The van der Waals surface area contributed by atoms with Gasteiger partial charge < -0.3 is 19.7 Å². The van der Waals surface area contributed by atoms with Crippen molar-refractivity contribution < 1.29 is 23.0 Å². The summed E-state index contributed by atoms with van der Waals surface area (Å²) in [5.41, 5.74) is 0.445. The Hall–Kier alpha value is -2.65. The molecule has 1 aliphatic rings. The first-order valence-corrected chi connectivity index (χ1v) is 9.92. The second kappa shape index (κ2) is 10.4. The van der Waals surface area contributed by atoms with E-state index in [2.05, 4.69) is 20.4 Å². The number of anilines is 1. The van der Waals surface area contributed by atoms with Crippen LogP contribution in [-0.4, -0.2) is 61.0 Å². The summed E-state index contributed by atoms with van der Waals surface area (Å²) in [6, 6.07) is 6.00. The van der Waals surface area contributed by atoms with E-state index in [1.807, 2.05) is 14.0 Å². The van der Waals surface area contributed by atoms with Crippen molar-refractivity contribution in [1.29, 1.82) is 0 Å². The Bertz CT molecular complexity index is 866. The monoisotopic (exact) mass is 420 g/mol. The van der Waals surface area contributed by atoms with Gasteiger partial charge in [0.2, 0.25) is 0 Å². The summed E-state index contributed by atoms with van der Waals surface area (Å²) < 4.78 is 38.5. The van der Waals surface area contributed by atoms with Gasteiger partial charge in [-0.25, -0.2) is 8.78 Å². The van der Waals surface area contributed by atoms with Crippen LogP contribution < -0.4 is 10.1 Å². The van der Waals surface area contributed by atoms with Crippen molar-refractivity contribution in [2.24, 2.45) is 0 Å². The van der Waals surface area contributed by atoms with E-state index in [-0.39, 0.29) is 29.8 Å². The fourth-order valence-electron chi connectivity index (χ4n) is 3.46. The van der Waals surface area contributed by atoms with Crippen molar-refractivity contribution in [3.05, 3.63) is 35.4 Å². The summed E-state index contributed by atoms with van der Waals surface area (Å²) in [6.45, 7) is 4.00. The summed E-state index contributed by atoms with van der Waals surface area (Å²) in [5.74, 6) is 0.550. The summed E-state index contributed by atoms with van der Waals surface area (Å²) >= 11 is 0. The fourth-order valence-corrected chi connectivity index (χ4v) is 3.46. The number of aldehydes is 1. The predicted octanol–water partition coefficient (Wildman–Crippen LogP) is 3.77. The van der Waals surface area contributed by atoms with Gasteiger partial charge in [-0.15, -0.1) is 10.2 Å². The van der Waals surface area contributed by atoms with Gasteiger partial charge in [-0.05, 0) is 51.6 Å². The van der Waals surface area contributed by atoms with Gasteiger partial charge in [0, 0.05) is 35.9 Å². The van der Waals surface area contributed by atoms with Gasteiger partial charge in [-0.2, -0.15) is 0 Å². The van der Waals surface area contributed by atoms with E-state index < -0.39 is 6.43 Å². The standard InChI is InChI=1S/C21H26F2N4O3/c1-3-29-13-30-18-9-14(12-28)6-7-16(18)20-17(21(22)23)10-19(25-26-20)24-15-5-4-8-27(2)11-15/h6-7,9-10,12,15,21H,3-5,8,11,13H2,1-2H3,(H,24,25). The van der Waals surface area contributed by atoms with Crippen molar-refractivity contribution in [2.75, 3.05) is 38.9 Å². The van der Waals surface area contributed by atoms with E-state index in [1.165, 1.54) is 24.3 Å². The predicted molar refractivity (Wildman–Crippen MR) is 109 cm³/mol.